The maximum Gasteiger partial charge on any atom is 0.251 e. The molecule has 1 N–H and O–H groups in total. The van der Waals surface area contributed by atoms with E-state index in [0.29, 0.717) is 24.3 Å². The van der Waals surface area contributed by atoms with E-state index in [9.17, 15) is 4.79 Å². The second-order valence-electron chi connectivity index (χ2n) is 4.57. The lowest BCUT2D eigenvalue weighted by atomic mass is 10.1. The fourth-order valence-electron chi connectivity index (χ4n) is 1.57. The molecule has 0 aliphatic heterocycles. The van der Waals surface area contributed by atoms with Crippen molar-refractivity contribution in [2.45, 2.75) is 26.4 Å². The monoisotopic (exact) mass is 246 g/mol. The summed E-state index contributed by atoms with van der Waals surface area (Å²) in [5.41, 5.74) is 0.574. The van der Waals surface area contributed by atoms with Gasteiger partial charge in [0, 0.05) is 18.7 Å². The van der Waals surface area contributed by atoms with Gasteiger partial charge >= 0.3 is 0 Å². The Morgan fingerprint density at radius 3 is 2.83 bits per heavy atom. The van der Waals surface area contributed by atoms with E-state index in [1.807, 2.05) is 26.8 Å². The molecule has 0 saturated carbocycles. The number of nitriles is 1. The third-order valence-electron chi connectivity index (χ3n) is 2.46. The first-order chi connectivity index (χ1) is 8.48. The van der Waals surface area contributed by atoms with Gasteiger partial charge in [0.2, 0.25) is 0 Å². The Kier molecular flexibility index (Phi) is 4.87. The smallest absolute Gasteiger partial charge is 0.251 e. The molecule has 4 heteroatoms. The van der Waals surface area contributed by atoms with Crippen LogP contribution in [0.4, 0.5) is 0 Å². The molecule has 0 aliphatic rings. The molecule has 0 bridgehead atoms. The Morgan fingerprint density at radius 2 is 2.22 bits per heavy atom. The summed E-state index contributed by atoms with van der Waals surface area (Å²) >= 11 is 0. The molecule has 0 unspecified atom stereocenters. The second kappa shape index (κ2) is 6.18. The molecule has 1 rings (SSSR count). The molecule has 0 saturated heterocycles. The molecule has 0 fully saturated rings. The number of carbonyl (C=O) groups is 1. The molecular weight excluding hydrogens is 228 g/mol. The summed E-state index contributed by atoms with van der Waals surface area (Å²) in [6.07, 6.45) is 0. The normalized spacial score (nSPS) is 10.8. The zero-order chi connectivity index (χ0) is 13.6. The maximum absolute atomic E-state index is 11.9. The number of ether oxygens (including phenoxy) is 1. The minimum atomic E-state index is -0.392. The Labute approximate surface area is 108 Å². The van der Waals surface area contributed by atoms with Crippen molar-refractivity contribution >= 4 is 5.91 Å². The lowest BCUT2D eigenvalue weighted by Gasteiger charge is -2.24. The van der Waals surface area contributed by atoms with E-state index in [4.69, 9.17) is 10.00 Å². The van der Waals surface area contributed by atoms with E-state index < -0.39 is 5.60 Å². The topological polar surface area (TPSA) is 62.1 Å². The molecule has 0 aromatic heterocycles. The molecule has 1 aromatic rings. The van der Waals surface area contributed by atoms with Gasteiger partial charge in [-0.15, -0.1) is 0 Å². The van der Waals surface area contributed by atoms with Gasteiger partial charge in [0.15, 0.2) is 0 Å². The van der Waals surface area contributed by atoms with E-state index in [1.54, 1.807) is 24.3 Å². The molecule has 18 heavy (non-hydrogen) atoms. The van der Waals surface area contributed by atoms with Gasteiger partial charge in [0.1, 0.15) is 0 Å². The van der Waals surface area contributed by atoms with Crippen molar-refractivity contribution in [3.05, 3.63) is 35.4 Å². The van der Waals surface area contributed by atoms with Crippen LogP contribution in [0.2, 0.25) is 0 Å². The standard InChI is InChI=1S/C14H18N2O2/c1-4-18-14(2,3)10-16-13(17)12-7-5-6-11(8-12)9-15/h5-8H,4,10H2,1-3H3,(H,16,17). The summed E-state index contributed by atoms with van der Waals surface area (Å²) in [6.45, 7) is 6.79. The first-order valence-corrected chi connectivity index (χ1v) is 5.91. The van der Waals surface area contributed by atoms with E-state index >= 15 is 0 Å². The number of hydrogen-bond donors (Lipinski definition) is 1. The minimum absolute atomic E-state index is 0.195. The van der Waals surface area contributed by atoms with Crippen molar-refractivity contribution < 1.29 is 9.53 Å². The van der Waals surface area contributed by atoms with Gasteiger partial charge in [-0.05, 0) is 39.0 Å². The van der Waals surface area contributed by atoms with Crippen LogP contribution in [0.3, 0.4) is 0 Å². The summed E-state index contributed by atoms with van der Waals surface area (Å²) in [5, 5.41) is 11.6. The van der Waals surface area contributed by atoms with E-state index in [1.165, 1.54) is 0 Å². The van der Waals surface area contributed by atoms with E-state index in [2.05, 4.69) is 5.32 Å². The van der Waals surface area contributed by atoms with Gasteiger partial charge in [0.05, 0.1) is 17.2 Å². The number of rotatable bonds is 5. The molecule has 0 heterocycles. The summed E-state index contributed by atoms with van der Waals surface area (Å²) in [6, 6.07) is 8.63. The molecule has 96 valence electrons. The fourth-order valence-corrected chi connectivity index (χ4v) is 1.57. The lowest BCUT2D eigenvalue weighted by Crippen LogP contribution is -2.40. The summed E-state index contributed by atoms with van der Waals surface area (Å²) in [4.78, 5) is 11.9. The molecule has 0 atom stereocenters. The van der Waals surface area contributed by atoms with Crippen LogP contribution in [0.15, 0.2) is 24.3 Å². The highest BCUT2D eigenvalue weighted by molar-refractivity contribution is 5.94. The highest BCUT2D eigenvalue weighted by Crippen LogP contribution is 2.08. The van der Waals surface area contributed by atoms with Crippen LogP contribution < -0.4 is 5.32 Å². The van der Waals surface area contributed by atoms with Crippen molar-refractivity contribution in [1.82, 2.24) is 5.32 Å². The van der Waals surface area contributed by atoms with Crippen LogP contribution in [0.1, 0.15) is 36.7 Å². The Morgan fingerprint density at radius 1 is 1.50 bits per heavy atom. The molecule has 0 radical (unpaired) electrons. The average Bonchev–Trinajstić information content (AvgIpc) is 2.36. The van der Waals surface area contributed by atoms with Crippen molar-refractivity contribution in [2.24, 2.45) is 0 Å². The molecule has 4 nitrogen and oxygen atoms in total. The van der Waals surface area contributed by atoms with Crippen molar-refractivity contribution in [3.8, 4) is 6.07 Å². The van der Waals surface area contributed by atoms with Crippen LogP contribution in [0.25, 0.3) is 0 Å². The van der Waals surface area contributed by atoms with Crippen LogP contribution >= 0.6 is 0 Å². The second-order valence-corrected chi connectivity index (χ2v) is 4.57. The number of nitrogens with zero attached hydrogens (tertiary/aromatic N) is 1. The first kappa shape index (κ1) is 14.2. The van der Waals surface area contributed by atoms with Gasteiger partial charge in [-0.3, -0.25) is 4.79 Å². The zero-order valence-corrected chi connectivity index (χ0v) is 11.0. The molecule has 0 aliphatic carbocycles. The minimum Gasteiger partial charge on any atom is -0.374 e. The van der Waals surface area contributed by atoms with Gasteiger partial charge in [-0.25, -0.2) is 0 Å². The van der Waals surface area contributed by atoms with E-state index in [0.717, 1.165) is 0 Å². The fraction of sp³-hybridized carbons (Fsp3) is 0.429. The average molecular weight is 246 g/mol. The Hall–Kier alpha value is -1.86. The predicted octanol–water partition coefficient (Wildman–Crippen LogP) is 2.10. The van der Waals surface area contributed by atoms with Crippen LogP contribution in [-0.2, 0) is 4.74 Å². The molecular formula is C14H18N2O2. The van der Waals surface area contributed by atoms with Gasteiger partial charge in [0.25, 0.3) is 5.91 Å². The number of amides is 1. The highest BCUT2D eigenvalue weighted by Gasteiger charge is 2.19. The number of hydrogen-bond acceptors (Lipinski definition) is 3. The van der Waals surface area contributed by atoms with Gasteiger partial charge in [-0.1, -0.05) is 6.07 Å². The third-order valence-corrected chi connectivity index (χ3v) is 2.46. The lowest BCUT2D eigenvalue weighted by molar-refractivity contribution is -0.00815. The van der Waals surface area contributed by atoms with E-state index in [-0.39, 0.29) is 5.91 Å². The summed E-state index contributed by atoms with van der Waals surface area (Å²) in [7, 11) is 0. The predicted molar refractivity (Wildman–Crippen MR) is 69.2 cm³/mol. The quantitative estimate of drug-likeness (QED) is 0.865. The van der Waals surface area contributed by atoms with Crippen molar-refractivity contribution in [1.29, 1.82) is 5.26 Å². The van der Waals surface area contributed by atoms with Crippen LogP contribution in [0, 0.1) is 11.3 Å². The third kappa shape index (κ3) is 4.19. The zero-order valence-electron chi connectivity index (χ0n) is 11.0. The Bertz CT molecular complexity index is 461. The number of nitrogens with one attached hydrogen (secondary N) is 1. The number of carbonyl (C=O) groups excluding carboxylic acids is 1. The van der Waals surface area contributed by atoms with Gasteiger partial charge in [-0.2, -0.15) is 5.26 Å². The Balaban J connectivity index is 2.63. The molecule has 0 spiro atoms. The van der Waals surface area contributed by atoms with Gasteiger partial charge < -0.3 is 10.1 Å². The van der Waals surface area contributed by atoms with Crippen LogP contribution in [-0.4, -0.2) is 24.7 Å². The first-order valence-electron chi connectivity index (χ1n) is 5.91. The molecule has 1 aromatic carbocycles. The highest BCUT2D eigenvalue weighted by atomic mass is 16.5. The summed E-state index contributed by atoms with van der Waals surface area (Å²) < 4.78 is 5.49. The van der Waals surface area contributed by atoms with Crippen LogP contribution in [0.5, 0.6) is 0 Å². The maximum atomic E-state index is 11.9. The molecule has 1 amide bonds. The van der Waals surface area contributed by atoms with Crippen molar-refractivity contribution in [2.75, 3.05) is 13.2 Å². The number of benzene rings is 1. The largest absolute Gasteiger partial charge is 0.374 e. The SMILES string of the molecule is CCOC(C)(C)CNC(=O)c1cccc(C#N)c1. The van der Waals surface area contributed by atoms with Crippen molar-refractivity contribution in [3.63, 3.8) is 0 Å². The summed E-state index contributed by atoms with van der Waals surface area (Å²) in [5.74, 6) is -0.195.